The van der Waals surface area contributed by atoms with E-state index in [2.05, 4.69) is 22.3 Å². The van der Waals surface area contributed by atoms with E-state index in [0.717, 1.165) is 5.69 Å². The molecule has 0 atom stereocenters. The zero-order valence-corrected chi connectivity index (χ0v) is 12.3. The Hall–Kier alpha value is -2.58. The molecule has 21 heavy (non-hydrogen) atoms. The molecule has 0 radical (unpaired) electrons. The first-order chi connectivity index (χ1) is 10.0. The van der Waals surface area contributed by atoms with Crippen molar-refractivity contribution < 1.29 is 9.90 Å². The van der Waals surface area contributed by atoms with E-state index < -0.39 is 0 Å². The number of aromatic nitrogens is 2. The van der Waals surface area contributed by atoms with Crippen LogP contribution >= 0.6 is 0 Å². The van der Waals surface area contributed by atoms with Crippen molar-refractivity contribution in [2.24, 2.45) is 7.05 Å². The second-order valence-electron chi connectivity index (χ2n) is 4.63. The highest BCUT2D eigenvalue weighted by molar-refractivity contribution is 6.06. The van der Waals surface area contributed by atoms with Crippen LogP contribution in [0.3, 0.4) is 0 Å². The Bertz CT molecular complexity index is 736. The van der Waals surface area contributed by atoms with Crippen LogP contribution in [0.25, 0.3) is 0 Å². The third-order valence-corrected chi connectivity index (χ3v) is 3.21. The molecule has 1 heterocycles. The predicted octanol–water partition coefficient (Wildman–Crippen LogP) is 1.63. The average molecular weight is 283 g/mol. The number of carbonyl (C=O) groups excluding carboxylic acids is 1. The Morgan fingerprint density at radius 3 is 2.71 bits per heavy atom. The van der Waals surface area contributed by atoms with Gasteiger partial charge < -0.3 is 10.4 Å². The van der Waals surface area contributed by atoms with Crippen LogP contribution in [0.15, 0.2) is 24.3 Å². The minimum atomic E-state index is -0.219. The van der Waals surface area contributed by atoms with Crippen LogP contribution in [-0.4, -0.2) is 27.4 Å². The molecule has 2 aromatic rings. The van der Waals surface area contributed by atoms with Crippen molar-refractivity contribution in [1.82, 2.24) is 9.78 Å². The summed E-state index contributed by atoms with van der Waals surface area (Å²) < 4.78 is 1.68. The largest absolute Gasteiger partial charge is 0.384 e. The lowest BCUT2D eigenvalue weighted by atomic mass is 10.1. The number of amides is 1. The van der Waals surface area contributed by atoms with Gasteiger partial charge in [0.1, 0.15) is 6.61 Å². The lowest BCUT2D eigenvalue weighted by Crippen LogP contribution is -2.15. The molecule has 5 heteroatoms. The second-order valence-corrected chi connectivity index (χ2v) is 4.63. The van der Waals surface area contributed by atoms with Gasteiger partial charge in [-0.1, -0.05) is 24.0 Å². The maximum absolute atomic E-state index is 12.4. The SMILES string of the molecule is Cc1nn(C)c(C)c1C(=O)Nc1ccccc1C#CCO. The predicted molar refractivity (Wildman–Crippen MR) is 81.0 cm³/mol. The van der Waals surface area contributed by atoms with Crippen molar-refractivity contribution in [2.45, 2.75) is 13.8 Å². The van der Waals surface area contributed by atoms with E-state index in [0.29, 0.717) is 22.5 Å². The number of aryl methyl sites for hydroxylation is 2. The number of anilines is 1. The number of carbonyl (C=O) groups is 1. The number of hydrogen-bond donors (Lipinski definition) is 2. The summed E-state index contributed by atoms with van der Waals surface area (Å²) in [7, 11) is 1.81. The third kappa shape index (κ3) is 3.12. The maximum atomic E-state index is 12.4. The number of benzene rings is 1. The quantitative estimate of drug-likeness (QED) is 0.823. The number of aliphatic hydroxyl groups excluding tert-OH is 1. The lowest BCUT2D eigenvalue weighted by Gasteiger charge is -2.07. The average Bonchev–Trinajstić information content (AvgIpc) is 2.71. The van der Waals surface area contributed by atoms with Gasteiger partial charge in [-0.05, 0) is 26.0 Å². The molecular formula is C16H17N3O2. The fourth-order valence-corrected chi connectivity index (χ4v) is 2.12. The summed E-state index contributed by atoms with van der Waals surface area (Å²) >= 11 is 0. The number of aliphatic hydroxyl groups is 1. The normalized spacial score (nSPS) is 9.90. The molecule has 0 saturated heterocycles. The summed E-state index contributed by atoms with van der Waals surface area (Å²) in [5.41, 5.74) is 3.35. The molecule has 2 N–H and O–H groups in total. The van der Waals surface area contributed by atoms with Gasteiger partial charge in [-0.2, -0.15) is 5.10 Å². The minimum absolute atomic E-state index is 0.212. The van der Waals surface area contributed by atoms with Crippen molar-refractivity contribution in [1.29, 1.82) is 0 Å². The molecule has 0 aliphatic rings. The highest BCUT2D eigenvalue weighted by atomic mass is 16.2. The Balaban J connectivity index is 2.32. The van der Waals surface area contributed by atoms with Crippen molar-refractivity contribution in [3.05, 3.63) is 46.8 Å². The molecule has 0 aliphatic heterocycles. The van der Waals surface area contributed by atoms with E-state index in [1.54, 1.807) is 30.8 Å². The van der Waals surface area contributed by atoms with Crippen LogP contribution in [-0.2, 0) is 7.05 Å². The smallest absolute Gasteiger partial charge is 0.259 e. The molecule has 5 nitrogen and oxygen atoms in total. The van der Waals surface area contributed by atoms with Crippen LogP contribution in [0.1, 0.15) is 27.3 Å². The lowest BCUT2D eigenvalue weighted by molar-refractivity contribution is 0.102. The van der Waals surface area contributed by atoms with Gasteiger partial charge in [-0.3, -0.25) is 9.48 Å². The highest BCUT2D eigenvalue weighted by Crippen LogP contribution is 2.18. The molecule has 1 aromatic carbocycles. The molecule has 0 bridgehead atoms. The fourth-order valence-electron chi connectivity index (χ4n) is 2.12. The molecule has 1 amide bonds. The van der Waals surface area contributed by atoms with Crippen LogP contribution < -0.4 is 5.32 Å². The van der Waals surface area contributed by atoms with Gasteiger partial charge in [0.15, 0.2) is 0 Å². The topological polar surface area (TPSA) is 67.2 Å². The van der Waals surface area contributed by atoms with Crippen LogP contribution in [0.4, 0.5) is 5.69 Å². The summed E-state index contributed by atoms with van der Waals surface area (Å²) in [6.45, 7) is 3.44. The van der Waals surface area contributed by atoms with Gasteiger partial charge in [0.05, 0.1) is 16.9 Å². The van der Waals surface area contributed by atoms with Crippen LogP contribution in [0.5, 0.6) is 0 Å². The summed E-state index contributed by atoms with van der Waals surface area (Å²) in [6.07, 6.45) is 0. The Morgan fingerprint density at radius 1 is 1.38 bits per heavy atom. The molecule has 0 unspecified atom stereocenters. The molecule has 1 aromatic heterocycles. The van der Waals surface area contributed by atoms with E-state index in [4.69, 9.17) is 5.11 Å². The van der Waals surface area contributed by atoms with Crippen molar-refractivity contribution in [3.63, 3.8) is 0 Å². The number of rotatable bonds is 2. The van der Waals surface area contributed by atoms with E-state index >= 15 is 0 Å². The summed E-state index contributed by atoms with van der Waals surface area (Å²) in [5.74, 6) is 5.19. The molecule has 108 valence electrons. The van der Waals surface area contributed by atoms with Crippen LogP contribution in [0.2, 0.25) is 0 Å². The zero-order chi connectivity index (χ0) is 15.4. The molecule has 0 fully saturated rings. The number of para-hydroxylation sites is 1. The van der Waals surface area contributed by atoms with Gasteiger partial charge in [0.25, 0.3) is 5.91 Å². The Kier molecular flexibility index (Phi) is 4.41. The van der Waals surface area contributed by atoms with Crippen molar-refractivity contribution in [3.8, 4) is 11.8 Å². The molecular weight excluding hydrogens is 266 g/mol. The maximum Gasteiger partial charge on any atom is 0.259 e. The van der Waals surface area contributed by atoms with E-state index in [1.807, 2.05) is 19.1 Å². The summed E-state index contributed by atoms with van der Waals surface area (Å²) in [5, 5.41) is 15.9. The Morgan fingerprint density at radius 2 is 2.10 bits per heavy atom. The summed E-state index contributed by atoms with van der Waals surface area (Å²) in [4.78, 5) is 12.4. The monoisotopic (exact) mass is 283 g/mol. The number of hydrogen-bond acceptors (Lipinski definition) is 3. The van der Waals surface area contributed by atoms with E-state index in [-0.39, 0.29) is 12.5 Å². The molecule has 0 spiro atoms. The molecule has 0 saturated carbocycles. The second kappa shape index (κ2) is 6.25. The third-order valence-electron chi connectivity index (χ3n) is 3.21. The van der Waals surface area contributed by atoms with Crippen molar-refractivity contribution in [2.75, 3.05) is 11.9 Å². The first-order valence-corrected chi connectivity index (χ1v) is 6.55. The van der Waals surface area contributed by atoms with Crippen molar-refractivity contribution >= 4 is 11.6 Å². The highest BCUT2D eigenvalue weighted by Gasteiger charge is 2.17. The minimum Gasteiger partial charge on any atom is -0.384 e. The first-order valence-electron chi connectivity index (χ1n) is 6.55. The van der Waals surface area contributed by atoms with Gasteiger partial charge in [-0.15, -0.1) is 0 Å². The zero-order valence-electron chi connectivity index (χ0n) is 12.3. The fraction of sp³-hybridized carbons (Fsp3) is 0.250. The molecule has 0 aliphatic carbocycles. The van der Waals surface area contributed by atoms with E-state index in [1.165, 1.54) is 0 Å². The number of nitrogens with zero attached hydrogens (tertiary/aromatic N) is 2. The van der Waals surface area contributed by atoms with Gasteiger partial charge in [-0.25, -0.2) is 0 Å². The van der Waals surface area contributed by atoms with Gasteiger partial charge in [0, 0.05) is 18.3 Å². The number of nitrogens with one attached hydrogen (secondary N) is 1. The van der Waals surface area contributed by atoms with Crippen LogP contribution in [0, 0.1) is 25.7 Å². The van der Waals surface area contributed by atoms with Gasteiger partial charge >= 0.3 is 0 Å². The molecule has 2 rings (SSSR count). The standard InChI is InChI=1S/C16H17N3O2/c1-11-15(12(2)19(3)18-11)16(21)17-14-9-5-4-7-13(14)8-6-10-20/h4-5,7,9,20H,10H2,1-3H3,(H,17,21). The summed E-state index contributed by atoms with van der Waals surface area (Å²) in [6, 6.07) is 7.22. The first kappa shape index (κ1) is 14.8. The Labute approximate surface area is 123 Å². The van der Waals surface area contributed by atoms with E-state index in [9.17, 15) is 4.79 Å². The van der Waals surface area contributed by atoms with Gasteiger partial charge in [0.2, 0.25) is 0 Å².